The summed E-state index contributed by atoms with van der Waals surface area (Å²) in [7, 11) is 0. The third-order valence-electron chi connectivity index (χ3n) is 4.25. The molecule has 1 saturated heterocycles. The van der Waals surface area contributed by atoms with Crippen LogP contribution in [0.3, 0.4) is 0 Å². The molecule has 2 heteroatoms. The van der Waals surface area contributed by atoms with Crippen molar-refractivity contribution in [2.45, 2.75) is 76.8 Å². The molecule has 1 saturated carbocycles. The topological polar surface area (TPSA) is 15.3 Å². The largest absolute Gasteiger partial charge is 0.312 e. The minimum Gasteiger partial charge on any atom is -0.312 e. The Morgan fingerprint density at radius 2 is 1.71 bits per heavy atom. The van der Waals surface area contributed by atoms with Crippen LogP contribution >= 0.6 is 0 Å². The summed E-state index contributed by atoms with van der Waals surface area (Å²) >= 11 is 0. The van der Waals surface area contributed by atoms with Crippen LogP contribution in [0, 0.1) is 0 Å². The molecule has 0 aromatic carbocycles. The maximum Gasteiger partial charge on any atom is 0.0220 e. The van der Waals surface area contributed by atoms with Crippen LogP contribution in [0.15, 0.2) is 0 Å². The van der Waals surface area contributed by atoms with Crippen molar-refractivity contribution in [3.8, 4) is 0 Å². The van der Waals surface area contributed by atoms with Crippen molar-refractivity contribution in [1.29, 1.82) is 0 Å². The molecular formula is C15H30N2. The fraction of sp³-hybridized carbons (Fsp3) is 1.00. The van der Waals surface area contributed by atoms with Gasteiger partial charge in [0.15, 0.2) is 0 Å². The first-order valence-electron chi connectivity index (χ1n) is 7.87. The van der Waals surface area contributed by atoms with Crippen molar-refractivity contribution in [2.75, 3.05) is 19.6 Å². The highest BCUT2D eigenvalue weighted by atomic mass is 15.2. The quantitative estimate of drug-likeness (QED) is 0.764. The maximum atomic E-state index is 3.73. The molecule has 2 nitrogen and oxygen atoms in total. The molecule has 2 rings (SSSR count). The number of nitrogens with zero attached hydrogens (tertiary/aromatic N) is 1. The first-order chi connectivity index (χ1) is 8.40. The molecule has 1 atom stereocenters. The molecule has 1 aliphatic carbocycles. The van der Waals surface area contributed by atoms with E-state index < -0.39 is 0 Å². The minimum atomic E-state index is 0.804. The van der Waals surface area contributed by atoms with E-state index in [0.29, 0.717) is 0 Å². The molecule has 1 heterocycles. The minimum absolute atomic E-state index is 0.804. The summed E-state index contributed by atoms with van der Waals surface area (Å²) in [6.45, 7) is 6.25. The van der Waals surface area contributed by atoms with Gasteiger partial charge in [-0.05, 0) is 45.2 Å². The molecule has 0 aromatic heterocycles. The molecular weight excluding hydrogens is 208 g/mol. The van der Waals surface area contributed by atoms with Crippen LogP contribution < -0.4 is 5.32 Å². The van der Waals surface area contributed by atoms with E-state index in [1.807, 2.05) is 0 Å². The molecule has 0 aromatic rings. The van der Waals surface area contributed by atoms with Crippen molar-refractivity contribution < 1.29 is 0 Å². The third kappa shape index (κ3) is 4.97. The smallest absolute Gasteiger partial charge is 0.0220 e. The van der Waals surface area contributed by atoms with Crippen LogP contribution in [-0.4, -0.2) is 36.6 Å². The van der Waals surface area contributed by atoms with Gasteiger partial charge in [-0.3, -0.25) is 4.90 Å². The second-order valence-electron chi connectivity index (χ2n) is 5.93. The highest BCUT2D eigenvalue weighted by Gasteiger charge is 2.24. The van der Waals surface area contributed by atoms with Gasteiger partial charge in [-0.1, -0.05) is 32.6 Å². The normalized spacial score (nSPS) is 25.2. The summed E-state index contributed by atoms with van der Waals surface area (Å²) in [5.74, 6) is 0. The molecule has 2 fully saturated rings. The molecule has 100 valence electrons. The lowest BCUT2D eigenvalue weighted by molar-refractivity contribution is 0.165. The molecule has 2 aliphatic rings. The molecule has 0 bridgehead atoms. The van der Waals surface area contributed by atoms with Crippen molar-refractivity contribution in [3.63, 3.8) is 0 Å². The molecule has 1 N–H and O–H groups in total. The van der Waals surface area contributed by atoms with Crippen molar-refractivity contribution in [2.24, 2.45) is 0 Å². The van der Waals surface area contributed by atoms with Gasteiger partial charge in [-0.15, -0.1) is 0 Å². The second-order valence-corrected chi connectivity index (χ2v) is 5.93. The predicted molar refractivity (Wildman–Crippen MR) is 74.4 cm³/mol. The third-order valence-corrected chi connectivity index (χ3v) is 4.25. The Balaban J connectivity index is 1.77. The highest BCUT2D eigenvalue weighted by molar-refractivity contribution is 4.84. The molecule has 0 spiro atoms. The fourth-order valence-corrected chi connectivity index (χ4v) is 2.97. The number of rotatable bonds is 6. The lowest BCUT2D eigenvalue weighted by Gasteiger charge is -2.33. The van der Waals surface area contributed by atoms with Gasteiger partial charge in [0.2, 0.25) is 0 Å². The van der Waals surface area contributed by atoms with E-state index in [9.17, 15) is 0 Å². The standard InChI is InChI=1S/C15H30N2/c1-2-8-15(13-16-14-9-10-14)17-11-6-4-3-5-7-12-17/h14-16H,2-13H2,1H3. The zero-order chi connectivity index (χ0) is 11.9. The van der Waals surface area contributed by atoms with Gasteiger partial charge in [-0.2, -0.15) is 0 Å². The van der Waals surface area contributed by atoms with E-state index in [1.54, 1.807) is 0 Å². The number of hydrogen-bond acceptors (Lipinski definition) is 2. The molecule has 0 amide bonds. The first-order valence-corrected chi connectivity index (χ1v) is 7.87. The Bertz CT molecular complexity index is 193. The zero-order valence-corrected chi connectivity index (χ0v) is 11.6. The Kier molecular flexibility index (Phi) is 5.79. The number of likely N-dealkylation sites (tertiary alicyclic amines) is 1. The summed E-state index contributed by atoms with van der Waals surface area (Å²) in [6.07, 6.45) is 12.7. The van der Waals surface area contributed by atoms with Crippen LogP contribution in [0.2, 0.25) is 0 Å². The Hall–Kier alpha value is -0.0800. The van der Waals surface area contributed by atoms with Crippen molar-refractivity contribution in [3.05, 3.63) is 0 Å². The maximum absolute atomic E-state index is 3.73. The Morgan fingerprint density at radius 3 is 2.29 bits per heavy atom. The predicted octanol–water partition coefficient (Wildman–Crippen LogP) is 3.17. The molecule has 1 unspecified atom stereocenters. The second kappa shape index (κ2) is 7.38. The highest BCUT2D eigenvalue weighted by Crippen LogP contribution is 2.20. The lowest BCUT2D eigenvalue weighted by atomic mass is 10.0. The van der Waals surface area contributed by atoms with E-state index in [-0.39, 0.29) is 0 Å². The van der Waals surface area contributed by atoms with E-state index >= 15 is 0 Å². The van der Waals surface area contributed by atoms with Crippen molar-refractivity contribution >= 4 is 0 Å². The molecule has 17 heavy (non-hydrogen) atoms. The average Bonchev–Trinajstić information content (AvgIpc) is 3.08. The van der Waals surface area contributed by atoms with Gasteiger partial charge in [0, 0.05) is 18.6 Å². The van der Waals surface area contributed by atoms with Gasteiger partial charge in [-0.25, -0.2) is 0 Å². The molecule has 0 radical (unpaired) electrons. The Morgan fingerprint density at radius 1 is 1.06 bits per heavy atom. The monoisotopic (exact) mass is 238 g/mol. The summed E-state index contributed by atoms with van der Waals surface area (Å²) < 4.78 is 0. The van der Waals surface area contributed by atoms with E-state index in [1.165, 1.54) is 77.4 Å². The summed E-state index contributed by atoms with van der Waals surface area (Å²) in [5, 5.41) is 3.73. The summed E-state index contributed by atoms with van der Waals surface area (Å²) in [6, 6.07) is 1.67. The number of nitrogens with one attached hydrogen (secondary N) is 1. The van der Waals surface area contributed by atoms with Crippen LogP contribution in [0.4, 0.5) is 0 Å². The van der Waals surface area contributed by atoms with E-state index in [2.05, 4.69) is 17.1 Å². The van der Waals surface area contributed by atoms with Gasteiger partial charge in [0.25, 0.3) is 0 Å². The van der Waals surface area contributed by atoms with Gasteiger partial charge < -0.3 is 5.32 Å². The summed E-state index contributed by atoms with van der Waals surface area (Å²) in [5.41, 5.74) is 0. The van der Waals surface area contributed by atoms with Crippen LogP contribution in [0.1, 0.15) is 64.7 Å². The molecule has 1 aliphatic heterocycles. The van der Waals surface area contributed by atoms with Gasteiger partial charge in [0.1, 0.15) is 0 Å². The van der Waals surface area contributed by atoms with Crippen LogP contribution in [-0.2, 0) is 0 Å². The SMILES string of the molecule is CCCC(CNC1CC1)N1CCCCCCC1. The van der Waals surface area contributed by atoms with E-state index in [0.717, 1.165) is 12.1 Å². The fourth-order valence-electron chi connectivity index (χ4n) is 2.97. The van der Waals surface area contributed by atoms with Crippen molar-refractivity contribution in [1.82, 2.24) is 10.2 Å². The van der Waals surface area contributed by atoms with Gasteiger partial charge in [0.05, 0.1) is 0 Å². The van der Waals surface area contributed by atoms with E-state index in [4.69, 9.17) is 0 Å². The number of hydrogen-bond donors (Lipinski definition) is 1. The zero-order valence-electron chi connectivity index (χ0n) is 11.6. The average molecular weight is 238 g/mol. The summed E-state index contributed by atoms with van der Waals surface area (Å²) in [4.78, 5) is 2.78. The Labute approximate surface area is 107 Å². The lowest BCUT2D eigenvalue weighted by Crippen LogP contribution is -2.44. The first kappa shape index (κ1) is 13.4. The van der Waals surface area contributed by atoms with Gasteiger partial charge >= 0.3 is 0 Å². The van der Waals surface area contributed by atoms with Crippen LogP contribution in [0.25, 0.3) is 0 Å². The van der Waals surface area contributed by atoms with Crippen LogP contribution in [0.5, 0.6) is 0 Å².